The summed E-state index contributed by atoms with van der Waals surface area (Å²) in [4.78, 5) is 24.8. The van der Waals surface area contributed by atoms with Gasteiger partial charge in [0.05, 0.1) is 13.2 Å². The number of hydrogen-bond acceptors (Lipinski definition) is 5. The molecule has 6 nitrogen and oxygen atoms in total. The lowest BCUT2D eigenvalue weighted by atomic mass is 10.1. The fourth-order valence-electron chi connectivity index (χ4n) is 2.56. The third kappa shape index (κ3) is 3.54. The molecule has 0 unspecified atom stereocenters. The Morgan fingerprint density at radius 3 is 2.42 bits per heavy atom. The van der Waals surface area contributed by atoms with Gasteiger partial charge in [-0.1, -0.05) is 12.1 Å². The Hall–Kier alpha value is -3.28. The van der Waals surface area contributed by atoms with Gasteiger partial charge >= 0.3 is 5.97 Å². The molecule has 3 aromatic rings. The third-order valence-corrected chi connectivity index (χ3v) is 3.72. The van der Waals surface area contributed by atoms with E-state index in [4.69, 9.17) is 13.9 Å². The molecule has 0 saturated heterocycles. The normalized spacial score (nSPS) is 10.5. The van der Waals surface area contributed by atoms with Crippen LogP contribution in [-0.4, -0.2) is 25.1 Å². The van der Waals surface area contributed by atoms with Crippen LogP contribution in [0.4, 0.5) is 5.69 Å². The highest BCUT2D eigenvalue weighted by molar-refractivity contribution is 6.13. The van der Waals surface area contributed by atoms with Gasteiger partial charge in [-0.2, -0.15) is 0 Å². The van der Waals surface area contributed by atoms with Gasteiger partial charge in [-0.25, -0.2) is 4.79 Å². The smallest absolute Gasteiger partial charge is 0.376 e. The first-order valence-electron chi connectivity index (χ1n) is 8.37. The first kappa shape index (κ1) is 17.5. The van der Waals surface area contributed by atoms with Crippen LogP contribution in [0.15, 0.2) is 52.9 Å². The minimum atomic E-state index is -0.620. The number of fused-ring (bicyclic) bond motifs is 1. The summed E-state index contributed by atoms with van der Waals surface area (Å²) in [6.07, 6.45) is 0. The molecule has 0 aliphatic rings. The van der Waals surface area contributed by atoms with Crippen LogP contribution in [0.3, 0.4) is 0 Å². The number of hydrogen-bond donors (Lipinski definition) is 1. The highest BCUT2D eigenvalue weighted by atomic mass is 16.5. The molecule has 0 aliphatic carbocycles. The van der Waals surface area contributed by atoms with E-state index in [0.717, 1.165) is 0 Å². The van der Waals surface area contributed by atoms with Crippen LogP contribution >= 0.6 is 0 Å². The van der Waals surface area contributed by atoms with Crippen molar-refractivity contribution < 1.29 is 23.5 Å². The minimum Gasteiger partial charge on any atom is -0.494 e. The van der Waals surface area contributed by atoms with Gasteiger partial charge in [0, 0.05) is 10.9 Å². The number of ether oxygens (including phenoxy) is 2. The Bertz CT molecular complexity index is 927. The Morgan fingerprint density at radius 1 is 1.00 bits per heavy atom. The lowest BCUT2D eigenvalue weighted by Crippen LogP contribution is -2.15. The number of nitrogens with one attached hydrogen (secondary N) is 1. The zero-order valence-electron chi connectivity index (χ0n) is 14.6. The number of carbonyl (C=O) groups is 2. The van der Waals surface area contributed by atoms with E-state index < -0.39 is 5.97 Å². The second kappa shape index (κ2) is 7.74. The average molecular weight is 353 g/mol. The number of anilines is 1. The van der Waals surface area contributed by atoms with E-state index >= 15 is 0 Å². The van der Waals surface area contributed by atoms with Gasteiger partial charge in [-0.15, -0.1) is 0 Å². The number of para-hydroxylation sites is 1. The van der Waals surface area contributed by atoms with Crippen molar-refractivity contribution in [1.82, 2.24) is 0 Å². The number of benzene rings is 2. The molecule has 1 aromatic heterocycles. The van der Waals surface area contributed by atoms with E-state index in [9.17, 15) is 9.59 Å². The second-order valence-electron chi connectivity index (χ2n) is 5.43. The molecule has 26 heavy (non-hydrogen) atoms. The summed E-state index contributed by atoms with van der Waals surface area (Å²) in [6.45, 7) is 4.36. The van der Waals surface area contributed by atoms with Crippen molar-refractivity contribution in [3.63, 3.8) is 0 Å². The molecule has 0 radical (unpaired) electrons. The molecule has 0 fully saturated rings. The van der Waals surface area contributed by atoms with Gasteiger partial charge in [0.15, 0.2) is 0 Å². The van der Waals surface area contributed by atoms with Crippen molar-refractivity contribution >= 4 is 28.5 Å². The zero-order chi connectivity index (χ0) is 18.5. The summed E-state index contributed by atoms with van der Waals surface area (Å²) in [7, 11) is 0. The maximum Gasteiger partial charge on any atom is 0.376 e. The molecule has 1 N–H and O–H groups in total. The summed E-state index contributed by atoms with van der Waals surface area (Å²) in [5, 5.41) is 3.40. The third-order valence-electron chi connectivity index (χ3n) is 3.72. The molecule has 1 heterocycles. The first-order valence-corrected chi connectivity index (χ1v) is 8.37. The first-order chi connectivity index (χ1) is 12.6. The van der Waals surface area contributed by atoms with E-state index in [1.807, 2.05) is 6.92 Å². The van der Waals surface area contributed by atoms with E-state index in [1.54, 1.807) is 55.5 Å². The molecule has 2 aromatic carbocycles. The molecule has 0 atom stereocenters. The number of furan rings is 1. The Morgan fingerprint density at radius 2 is 1.73 bits per heavy atom. The van der Waals surface area contributed by atoms with Gasteiger partial charge < -0.3 is 19.2 Å². The van der Waals surface area contributed by atoms with E-state index in [2.05, 4.69) is 5.32 Å². The molecule has 1 amide bonds. The van der Waals surface area contributed by atoms with Gasteiger partial charge in [-0.05, 0) is 50.2 Å². The fraction of sp³-hybridized carbons (Fsp3) is 0.200. The Kier molecular flexibility index (Phi) is 5.22. The van der Waals surface area contributed by atoms with Gasteiger partial charge in [0.25, 0.3) is 5.91 Å². The average Bonchev–Trinajstić information content (AvgIpc) is 3.01. The van der Waals surface area contributed by atoms with Crippen molar-refractivity contribution in [2.75, 3.05) is 18.5 Å². The summed E-state index contributed by atoms with van der Waals surface area (Å²) in [5.74, 6) is -0.312. The largest absolute Gasteiger partial charge is 0.494 e. The quantitative estimate of drug-likeness (QED) is 0.670. The van der Waals surface area contributed by atoms with Crippen molar-refractivity contribution in [1.29, 1.82) is 0 Å². The standard InChI is InChI=1S/C20H19NO5/c1-3-24-14-11-9-13(10-12-14)19(22)21-17-15-7-5-6-8-16(15)26-18(17)20(23)25-4-2/h5-12H,3-4H2,1-2H3,(H,21,22). The highest BCUT2D eigenvalue weighted by Gasteiger charge is 2.23. The van der Waals surface area contributed by atoms with Crippen LogP contribution in [0.5, 0.6) is 5.75 Å². The summed E-state index contributed by atoms with van der Waals surface area (Å²) in [5.41, 5.74) is 1.24. The van der Waals surface area contributed by atoms with Crippen LogP contribution in [0.25, 0.3) is 11.0 Å². The minimum absolute atomic E-state index is 0.0210. The molecular weight excluding hydrogens is 334 g/mol. The molecule has 0 saturated carbocycles. The zero-order valence-corrected chi connectivity index (χ0v) is 14.6. The maximum absolute atomic E-state index is 12.6. The Labute approximate surface area is 150 Å². The molecule has 3 rings (SSSR count). The molecular formula is C20H19NO5. The summed E-state index contributed by atoms with van der Waals surface area (Å²) in [6, 6.07) is 13.9. The van der Waals surface area contributed by atoms with E-state index in [-0.39, 0.29) is 18.3 Å². The van der Waals surface area contributed by atoms with Gasteiger partial charge in [0.1, 0.15) is 17.0 Å². The predicted molar refractivity (Wildman–Crippen MR) is 97.7 cm³/mol. The number of esters is 1. The molecule has 0 aliphatic heterocycles. The van der Waals surface area contributed by atoms with Crippen molar-refractivity contribution in [3.05, 3.63) is 59.9 Å². The molecule has 134 valence electrons. The molecule has 0 spiro atoms. The predicted octanol–water partition coefficient (Wildman–Crippen LogP) is 4.26. The van der Waals surface area contributed by atoms with Crippen LogP contribution < -0.4 is 10.1 Å². The van der Waals surface area contributed by atoms with Crippen molar-refractivity contribution in [3.8, 4) is 5.75 Å². The topological polar surface area (TPSA) is 77.8 Å². The maximum atomic E-state index is 12.6. The Balaban J connectivity index is 1.92. The van der Waals surface area contributed by atoms with Crippen LogP contribution in [0.2, 0.25) is 0 Å². The number of carbonyl (C=O) groups excluding carboxylic acids is 2. The van der Waals surface area contributed by atoms with Crippen molar-refractivity contribution in [2.24, 2.45) is 0 Å². The number of amides is 1. The van der Waals surface area contributed by atoms with Gasteiger partial charge in [-0.3, -0.25) is 4.79 Å². The van der Waals surface area contributed by atoms with Crippen molar-refractivity contribution in [2.45, 2.75) is 13.8 Å². The van der Waals surface area contributed by atoms with Crippen LogP contribution in [0, 0.1) is 0 Å². The molecule has 0 bridgehead atoms. The van der Waals surface area contributed by atoms with Crippen LogP contribution in [-0.2, 0) is 4.74 Å². The monoisotopic (exact) mass is 353 g/mol. The highest BCUT2D eigenvalue weighted by Crippen LogP contribution is 2.32. The summed E-state index contributed by atoms with van der Waals surface area (Å²) >= 11 is 0. The summed E-state index contributed by atoms with van der Waals surface area (Å²) < 4.78 is 16.0. The van der Waals surface area contributed by atoms with E-state index in [1.165, 1.54) is 0 Å². The second-order valence-corrected chi connectivity index (χ2v) is 5.43. The van der Waals surface area contributed by atoms with E-state index in [0.29, 0.717) is 34.6 Å². The lowest BCUT2D eigenvalue weighted by molar-refractivity contribution is 0.0494. The molecule has 6 heteroatoms. The SMILES string of the molecule is CCOC(=O)c1oc2ccccc2c1NC(=O)c1ccc(OCC)cc1. The number of rotatable bonds is 6. The van der Waals surface area contributed by atoms with Gasteiger partial charge in [0.2, 0.25) is 5.76 Å². The van der Waals surface area contributed by atoms with Crippen LogP contribution in [0.1, 0.15) is 34.8 Å². The lowest BCUT2D eigenvalue weighted by Gasteiger charge is -2.07. The fourth-order valence-corrected chi connectivity index (χ4v) is 2.56.